The van der Waals surface area contributed by atoms with Gasteiger partial charge in [-0.25, -0.2) is 0 Å². The van der Waals surface area contributed by atoms with E-state index in [4.69, 9.17) is 71.1 Å². The number of hydrogen-bond acceptors (Lipinski definition) is 30. The van der Waals surface area contributed by atoms with Gasteiger partial charge in [0.05, 0.1) is 159 Å². The van der Waals surface area contributed by atoms with Gasteiger partial charge in [-0.05, 0) is 0 Å². The Morgan fingerprint density at radius 1 is 0.337 bits per heavy atom. The van der Waals surface area contributed by atoms with Crippen molar-refractivity contribution in [1.29, 1.82) is 0 Å². The second-order valence-corrected chi connectivity index (χ2v) is 19.6. The standard InChI is InChI=1S/C50H93N3O30/c1-50(29-75-8-2-35(57)51-5-11-69-14-17-72-20-23-78-47-44(66)41(63)38(60)32(26-54)81-47,30-76-9-3-36(58)52-6-12-70-15-18-73-21-24-79-48-45(67)42(64)39(61)33(27-55)82-48)31-77-10-4-37(59)53-7-13-71-16-19-74-22-25-80-49-46(68)43(65)40(62)34(28-56)83-49/h32-34,38-49,54-56,60-68H,2-31H2,1H3,(H,51,57)(H,52,58)(H,53,59)/t32?,33?,34?,38?,39?,40?,41-,42-,43-,44?,45?,46?,47-,48-,49-,50?/m0/s1. The van der Waals surface area contributed by atoms with E-state index >= 15 is 0 Å². The molecule has 33 nitrogen and oxygen atoms in total. The summed E-state index contributed by atoms with van der Waals surface area (Å²) in [4.78, 5) is 37.5. The molecular formula is C50H93N3O30. The van der Waals surface area contributed by atoms with Crippen molar-refractivity contribution in [3.8, 4) is 0 Å². The maximum absolute atomic E-state index is 12.5. The molecule has 0 aliphatic carbocycles. The monoisotopic (exact) mass is 1220 g/mol. The van der Waals surface area contributed by atoms with Crippen LogP contribution in [0.5, 0.6) is 0 Å². The predicted molar refractivity (Wildman–Crippen MR) is 278 cm³/mol. The second kappa shape index (κ2) is 43.9. The molecule has 0 aromatic carbocycles. The topological polar surface area (TPSA) is 469 Å². The third-order valence-corrected chi connectivity index (χ3v) is 12.7. The highest BCUT2D eigenvalue weighted by Crippen LogP contribution is 2.25. The van der Waals surface area contributed by atoms with Gasteiger partial charge in [0.15, 0.2) is 18.9 Å². The van der Waals surface area contributed by atoms with Crippen LogP contribution < -0.4 is 16.0 Å². The molecule has 0 radical (unpaired) electrons. The van der Waals surface area contributed by atoms with E-state index < -0.39 is 117 Å². The van der Waals surface area contributed by atoms with Gasteiger partial charge in [0, 0.05) is 44.3 Å². The average molecular weight is 1220 g/mol. The summed E-state index contributed by atoms with van der Waals surface area (Å²) in [6, 6.07) is 0. The number of carbonyl (C=O) groups excluding carboxylic acids is 3. The van der Waals surface area contributed by atoms with Crippen LogP contribution in [-0.2, 0) is 85.4 Å². The van der Waals surface area contributed by atoms with Crippen LogP contribution in [0.1, 0.15) is 26.2 Å². The Labute approximate surface area is 481 Å². The highest BCUT2D eigenvalue weighted by atomic mass is 16.7. The van der Waals surface area contributed by atoms with Gasteiger partial charge >= 0.3 is 0 Å². The number of aliphatic hydroxyl groups is 12. The van der Waals surface area contributed by atoms with Crippen LogP contribution in [0, 0.1) is 5.41 Å². The molecule has 0 saturated carbocycles. The van der Waals surface area contributed by atoms with E-state index in [1.807, 2.05) is 6.92 Å². The van der Waals surface area contributed by atoms with E-state index in [-0.39, 0.29) is 195 Å². The zero-order valence-electron chi connectivity index (χ0n) is 47.1. The Balaban J connectivity index is 1.26. The molecule has 488 valence electrons. The first kappa shape index (κ1) is 74.6. The molecule has 3 saturated heterocycles. The Kier molecular flexibility index (Phi) is 39.4. The van der Waals surface area contributed by atoms with E-state index in [2.05, 4.69) is 16.0 Å². The fraction of sp³-hybridized carbons (Fsp3) is 0.940. The lowest BCUT2D eigenvalue weighted by Gasteiger charge is -2.39. The van der Waals surface area contributed by atoms with E-state index in [1.165, 1.54) is 0 Å². The lowest BCUT2D eigenvalue weighted by atomic mass is 9.94. The highest BCUT2D eigenvalue weighted by molar-refractivity contribution is 5.76. The summed E-state index contributed by atoms with van der Waals surface area (Å²) in [6.45, 7) is 3.37. The van der Waals surface area contributed by atoms with Crippen molar-refractivity contribution in [2.75, 3.05) is 178 Å². The molecule has 3 aliphatic rings. The zero-order chi connectivity index (χ0) is 60.8. The third-order valence-electron chi connectivity index (χ3n) is 12.7. The molecule has 0 spiro atoms. The zero-order valence-corrected chi connectivity index (χ0v) is 47.1. The molecule has 15 N–H and O–H groups in total. The molecule has 3 rings (SSSR count). The van der Waals surface area contributed by atoms with Gasteiger partial charge < -0.3 is 148 Å². The van der Waals surface area contributed by atoms with Crippen LogP contribution in [0.3, 0.4) is 0 Å². The lowest BCUT2D eigenvalue weighted by molar-refractivity contribution is -0.302. The summed E-state index contributed by atoms with van der Waals surface area (Å²) in [5, 5.41) is 125. The van der Waals surface area contributed by atoms with Crippen LogP contribution in [0.2, 0.25) is 0 Å². The number of nitrogens with one attached hydrogen (secondary N) is 3. The van der Waals surface area contributed by atoms with E-state index in [1.54, 1.807) is 0 Å². The SMILES string of the molecule is CC(COCCC(=O)NCCOCCOCCO[C@H]1OC(CO)C(O)[C@H](O)C1O)(COCCC(=O)NCCOCCOCCO[C@H]1OC(CO)C(O)[C@H](O)C1O)COCCC(=O)NCCOCCOCCO[C@H]1OC(CO)C(O)[C@H](O)C1O. The fourth-order valence-electron chi connectivity index (χ4n) is 7.88. The van der Waals surface area contributed by atoms with Gasteiger partial charge in [-0.15, -0.1) is 0 Å². The molecule has 0 aromatic heterocycles. The third kappa shape index (κ3) is 29.7. The number of carbonyl (C=O) groups is 3. The second-order valence-electron chi connectivity index (χ2n) is 19.6. The largest absolute Gasteiger partial charge is 0.394 e. The van der Waals surface area contributed by atoms with Gasteiger partial charge in [0.25, 0.3) is 0 Å². The predicted octanol–water partition coefficient (Wildman–Crippen LogP) is -8.89. The highest BCUT2D eigenvalue weighted by Gasteiger charge is 2.46. The number of amides is 3. The molecule has 3 aliphatic heterocycles. The minimum Gasteiger partial charge on any atom is -0.394 e. The van der Waals surface area contributed by atoms with Crippen LogP contribution in [0.4, 0.5) is 0 Å². The minimum atomic E-state index is -1.55. The van der Waals surface area contributed by atoms with Crippen molar-refractivity contribution in [3.63, 3.8) is 0 Å². The Morgan fingerprint density at radius 3 is 0.831 bits per heavy atom. The maximum atomic E-state index is 12.5. The van der Waals surface area contributed by atoms with Crippen LogP contribution >= 0.6 is 0 Å². The Hall–Kier alpha value is -2.67. The Bertz CT molecular complexity index is 1500. The smallest absolute Gasteiger partial charge is 0.222 e. The molecule has 9 unspecified atom stereocenters. The lowest BCUT2D eigenvalue weighted by Crippen LogP contribution is -2.59. The summed E-state index contributed by atoms with van der Waals surface area (Å²) in [5.41, 5.74) is -0.755. The molecule has 15 atom stereocenters. The van der Waals surface area contributed by atoms with Crippen LogP contribution in [0.25, 0.3) is 0 Å². The first-order valence-corrected chi connectivity index (χ1v) is 27.7. The van der Waals surface area contributed by atoms with Crippen LogP contribution in [0.15, 0.2) is 0 Å². The van der Waals surface area contributed by atoms with Crippen molar-refractivity contribution in [3.05, 3.63) is 0 Å². The normalized spacial score (nSPS) is 29.1. The number of hydrogen-bond donors (Lipinski definition) is 15. The summed E-state index contributed by atoms with van der Waals surface area (Å²) >= 11 is 0. The first-order chi connectivity index (χ1) is 40.0. The van der Waals surface area contributed by atoms with Gasteiger partial charge in [-0.3, -0.25) is 14.4 Å². The number of rotatable bonds is 48. The summed E-state index contributed by atoms with van der Waals surface area (Å²) in [7, 11) is 0. The molecule has 3 fully saturated rings. The minimum absolute atomic E-state index is 0.0108. The van der Waals surface area contributed by atoms with E-state index in [0.717, 1.165) is 0 Å². The summed E-state index contributed by atoms with van der Waals surface area (Å²) < 4.78 is 82.2. The number of aliphatic hydroxyl groups excluding tert-OH is 12. The molecule has 83 heavy (non-hydrogen) atoms. The summed E-state index contributed by atoms with van der Waals surface area (Å²) in [5.74, 6) is -0.847. The molecule has 3 amide bonds. The molecule has 33 heteroatoms. The molecule has 0 aromatic rings. The van der Waals surface area contributed by atoms with Gasteiger partial charge in [0.1, 0.15) is 73.2 Å². The average Bonchev–Trinajstić information content (AvgIpc) is 3.66. The van der Waals surface area contributed by atoms with Crippen molar-refractivity contribution in [1.82, 2.24) is 16.0 Å². The maximum Gasteiger partial charge on any atom is 0.222 e. The van der Waals surface area contributed by atoms with Crippen molar-refractivity contribution < 1.29 is 147 Å². The van der Waals surface area contributed by atoms with Crippen molar-refractivity contribution in [2.24, 2.45) is 5.41 Å². The van der Waals surface area contributed by atoms with Gasteiger partial charge in [-0.1, -0.05) is 6.92 Å². The van der Waals surface area contributed by atoms with Crippen molar-refractivity contribution in [2.45, 2.75) is 118 Å². The first-order valence-electron chi connectivity index (χ1n) is 27.7. The molecule has 3 heterocycles. The van der Waals surface area contributed by atoms with Gasteiger partial charge in [-0.2, -0.15) is 0 Å². The molecular weight excluding hydrogens is 1120 g/mol. The van der Waals surface area contributed by atoms with E-state index in [9.17, 15) is 75.7 Å². The Morgan fingerprint density at radius 2 is 0.578 bits per heavy atom. The van der Waals surface area contributed by atoms with Crippen LogP contribution in [-0.4, -0.2) is 349 Å². The van der Waals surface area contributed by atoms with E-state index in [0.29, 0.717) is 0 Å². The quantitative estimate of drug-likeness (QED) is 0.0252. The fourth-order valence-corrected chi connectivity index (χ4v) is 7.88. The summed E-state index contributed by atoms with van der Waals surface area (Å²) in [6.07, 6.45) is -20.5. The molecule has 0 bridgehead atoms. The van der Waals surface area contributed by atoms with Crippen molar-refractivity contribution >= 4 is 17.7 Å². The van der Waals surface area contributed by atoms with Gasteiger partial charge in [0.2, 0.25) is 17.7 Å². The number of ether oxygens (including phenoxy) is 15.